The second kappa shape index (κ2) is 10.2. The maximum Gasteiger partial charge on any atom is 0.270 e. The Morgan fingerprint density at radius 1 is 1.12 bits per heavy atom. The van der Waals surface area contributed by atoms with Crippen molar-refractivity contribution in [1.29, 1.82) is 5.26 Å². The minimum atomic E-state index is -0.278. The van der Waals surface area contributed by atoms with Crippen molar-refractivity contribution < 1.29 is 6.16 Å². The highest BCUT2D eigenvalue weighted by Gasteiger charge is 2.22. The molecule has 3 aromatic rings. The van der Waals surface area contributed by atoms with Gasteiger partial charge in [-0.2, -0.15) is 10.2 Å². The summed E-state index contributed by atoms with van der Waals surface area (Å²) in [4.78, 5) is 28.8. The van der Waals surface area contributed by atoms with Crippen LogP contribution < -0.4 is 15.6 Å². The predicted molar refractivity (Wildman–Crippen MR) is 131 cm³/mol. The highest BCUT2D eigenvalue weighted by molar-refractivity contribution is 5.77. The van der Waals surface area contributed by atoms with E-state index in [1.165, 1.54) is 19.3 Å². The van der Waals surface area contributed by atoms with E-state index in [1.54, 1.807) is 23.0 Å². The number of nitrogens with one attached hydrogen (secondary N) is 1. The lowest BCUT2D eigenvalue weighted by Gasteiger charge is -2.26. The van der Waals surface area contributed by atoms with E-state index in [1.807, 2.05) is 18.2 Å². The first-order chi connectivity index (χ1) is 16.7. The largest absolute Gasteiger partial charge is 0.476 e. The van der Waals surface area contributed by atoms with Gasteiger partial charge in [-0.25, -0.2) is 9.97 Å². The van der Waals surface area contributed by atoms with Gasteiger partial charge < -0.3 is 10.1 Å². The quantitative estimate of drug-likeness (QED) is 0.562. The molecular weight excluding hydrogens is 430 g/mol. The van der Waals surface area contributed by atoms with Gasteiger partial charge in [-0.3, -0.25) is 14.3 Å². The van der Waals surface area contributed by atoms with Gasteiger partial charge in [0.25, 0.3) is 5.56 Å². The van der Waals surface area contributed by atoms with Crippen LogP contribution in [-0.4, -0.2) is 50.7 Å². The SMILES string of the molecule is N#Cc1cc2cnc(Nc3ccc(OCCN4CCCCC4)nc3)nc2n(C2CCCC2)c1=O.[HH]. The van der Waals surface area contributed by atoms with Gasteiger partial charge in [0.05, 0.1) is 11.9 Å². The number of hydrogen-bond acceptors (Lipinski definition) is 8. The molecule has 0 aromatic carbocycles. The summed E-state index contributed by atoms with van der Waals surface area (Å²) in [5, 5.41) is 13.3. The number of nitrogens with zero attached hydrogens (tertiary/aromatic N) is 6. The zero-order valence-electron chi connectivity index (χ0n) is 19.2. The predicted octanol–water partition coefficient (Wildman–Crippen LogP) is 4.03. The van der Waals surface area contributed by atoms with Crippen LogP contribution in [-0.2, 0) is 0 Å². The first-order valence-corrected chi connectivity index (χ1v) is 12.1. The van der Waals surface area contributed by atoms with E-state index in [4.69, 9.17) is 4.74 Å². The van der Waals surface area contributed by atoms with Crippen molar-refractivity contribution in [2.24, 2.45) is 0 Å². The first kappa shape index (κ1) is 22.3. The van der Waals surface area contributed by atoms with Crippen LogP contribution in [0.3, 0.4) is 0 Å². The Balaban J connectivity index is 0.00000289. The average Bonchev–Trinajstić information content (AvgIpc) is 3.40. The van der Waals surface area contributed by atoms with Crippen LogP contribution in [0.5, 0.6) is 5.88 Å². The van der Waals surface area contributed by atoms with Crippen molar-refractivity contribution in [3.63, 3.8) is 0 Å². The maximum absolute atomic E-state index is 12.9. The zero-order valence-corrected chi connectivity index (χ0v) is 19.2. The van der Waals surface area contributed by atoms with Crippen LogP contribution >= 0.6 is 0 Å². The van der Waals surface area contributed by atoms with Gasteiger partial charge in [-0.05, 0) is 50.9 Å². The molecule has 2 fully saturated rings. The third kappa shape index (κ3) is 4.87. The van der Waals surface area contributed by atoms with Crippen LogP contribution in [0.4, 0.5) is 11.6 Å². The van der Waals surface area contributed by atoms with Crippen molar-refractivity contribution in [2.45, 2.75) is 51.0 Å². The molecule has 0 unspecified atom stereocenters. The van der Waals surface area contributed by atoms with E-state index in [2.05, 4.69) is 25.2 Å². The molecule has 1 aliphatic heterocycles. The van der Waals surface area contributed by atoms with Gasteiger partial charge in [0.2, 0.25) is 11.8 Å². The Hall–Kier alpha value is -3.51. The van der Waals surface area contributed by atoms with Gasteiger partial charge in [0, 0.05) is 31.7 Å². The number of aromatic nitrogens is 4. The highest BCUT2D eigenvalue weighted by Crippen LogP contribution is 2.31. The summed E-state index contributed by atoms with van der Waals surface area (Å²) in [6.07, 6.45) is 11.2. The Labute approximate surface area is 199 Å². The topological polar surface area (TPSA) is 109 Å². The van der Waals surface area contributed by atoms with Gasteiger partial charge in [0.1, 0.15) is 23.9 Å². The van der Waals surface area contributed by atoms with E-state index >= 15 is 0 Å². The summed E-state index contributed by atoms with van der Waals surface area (Å²) < 4.78 is 7.49. The number of rotatable bonds is 7. The zero-order chi connectivity index (χ0) is 23.3. The van der Waals surface area contributed by atoms with E-state index < -0.39 is 0 Å². The molecule has 9 nitrogen and oxygen atoms in total. The van der Waals surface area contributed by atoms with E-state index in [9.17, 15) is 10.1 Å². The first-order valence-electron chi connectivity index (χ1n) is 12.1. The third-order valence-corrected chi connectivity index (χ3v) is 6.68. The van der Waals surface area contributed by atoms with Crippen LogP contribution in [0.15, 0.2) is 35.4 Å². The van der Waals surface area contributed by atoms with Crippen LogP contribution in [0, 0.1) is 11.3 Å². The fraction of sp³-hybridized carbons (Fsp3) is 0.480. The Bertz CT molecular complexity index is 1240. The number of anilines is 2. The monoisotopic (exact) mass is 461 g/mol. The summed E-state index contributed by atoms with van der Waals surface area (Å²) >= 11 is 0. The molecule has 5 rings (SSSR count). The summed E-state index contributed by atoms with van der Waals surface area (Å²) in [5.74, 6) is 0.963. The molecule has 0 amide bonds. The van der Waals surface area contributed by atoms with Gasteiger partial charge in [-0.1, -0.05) is 19.3 Å². The van der Waals surface area contributed by atoms with Gasteiger partial charge in [-0.15, -0.1) is 0 Å². The number of likely N-dealkylation sites (tertiary alicyclic amines) is 1. The van der Waals surface area contributed by atoms with Crippen molar-refractivity contribution >= 4 is 22.7 Å². The maximum atomic E-state index is 12.9. The Morgan fingerprint density at radius 2 is 1.94 bits per heavy atom. The minimum Gasteiger partial charge on any atom is -0.476 e. The van der Waals surface area contributed by atoms with Crippen molar-refractivity contribution in [2.75, 3.05) is 31.6 Å². The molecule has 3 aromatic heterocycles. The molecule has 1 N–H and O–H groups in total. The molecule has 34 heavy (non-hydrogen) atoms. The van der Waals surface area contributed by atoms with Crippen LogP contribution in [0.25, 0.3) is 11.0 Å². The second-order valence-corrected chi connectivity index (χ2v) is 9.02. The fourth-order valence-corrected chi connectivity index (χ4v) is 4.89. The lowest BCUT2D eigenvalue weighted by Crippen LogP contribution is -2.33. The highest BCUT2D eigenvalue weighted by atomic mass is 16.5. The molecule has 0 radical (unpaired) electrons. The number of pyridine rings is 2. The Kier molecular flexibility index (Phi) is 6.67. The molecule has 2 aliphatic rings. The van der Waals surface area contributed by atoms with Crippen molar-refractivity contribution in [1.82, 2.24) is 24.4 Å². The van der Waals surface area contributed by atoms with Crippen molar-refractivity contribution in [3.8, 4) is 11.9 Å². The van der Waals surface area contributed by atoms with E-state index in [-0.39, 0.29) is 18.6 Å². The summed E-state index contributed by atoms with van der Waals surface area (Å²) in [5.41, 5.74) is 1.13. The molecular formula is C25H31N7O2. The number of piperidine rings is 1. The molecule has 1 saturated carbocycles. The molecule has 0 spiro atoms. The summed E-state index contributed by atoms with van der Waals surface area (Å²) in [6, 6.07) is 7.36. The number of nitriles is 1. The molecule has 1 saturated heterocycles. The lowest BCUT2D eigenvalue weighted by atomic mass is 10.1. The normalized spacial score (nSPS) is 17.0. The molecule has 0 bridgehead atoms. The molecule has 178 valence electrons. The molecule has 0 atom stereocenters. The molecule has 1 aliphatic carbocycles. The van der Waals surface area contributed by atoms with Crippen LogP contribution in [0.1, 0.15) is 58.0 Å². The lowest BCUT2D eigenvalue weighted by molar-refractivity contribution is 0.180. The van der Waals surface area contributed by atoms with E-state index in [0.29, 0.717) is 29.5 Å². The number of hydrogen-bond donors (Lipinski definition) is 1. The van der Waals surface area contributed by atoms with Gasteiger partial charge >= 0.3 is 0 Å². The molecule has 9 heteroatoms. The third-order valence-electron chi connectivity index (χ3n) is 6.68. The Morgan fingerprint density at radius 3 is 2.68 bits per heavy atom. The average molecular weight is 462 g/mol. The van der Waals surface area contributed by atoms with E-state index in [0.717, 1.165) is 51.0 Å². The molecule has 4 heterocycles. The smallest absolute Gasteiger partial charge is 0.270 e. The van der Waals surface area contributed by atoms with Crippen molar-refractivity contribution in [3.05, 3.63) is 46.5 Å². The van der Waals surface area contributed by atoms with Crippen LogP contribution in [0.2, 0.25) is 0 Å². The second-order valence-electron chi connectivity index (χ2n) is 9.02. The fourth-order valence-electron chi connectivity index (χ4n) is 4.89. The number of ether oxygens (including phenoxy) is 1. The summed E-state index contributed by atoms with van der Waals surface area (Å²) in [7, 11) is 0. The minimum absolute atomic E-state index is 0. The van der Waals surface area contributed by atoms with Gasteiger partial charge in [0.15, 0.2) is 0 Å². The summed E-state index contributed by atoms with van der Waals surface area (Å²) in [6.45, 7) is 3.84. The standard InChI is InChI=1S/C25H29N7O2.H2/c26-15-18-14-19-16-28-25(30-23(19)32(24(18)33)21-6-2-3-7-21)29-20-8-9-22(27-17-20)34-13-12-31-10-4-1-5-11-31;/h8-9,14,16-17,21H,1-7,10-13H2,(H,28,29,30);1H. The number of fused-ring (bicyclic) bond motifs is 1.